The predicted molar refractivity (Wildman–Crippen MR) is 125 cm³/mol. The number of morpholine rings is 1. The van der Waals surface area contributed by atoms with E-state index in [-0.39, 0.29) is 41.7 Å². The summed E-state index contributed by atoms with van der Waals surface area (Å²) in [4.78, 5) is 26.1. The molecule has 2 aliphatic heterocycles. The number of likely N-dealkylation sites (tertiary alicyclic amines) is 1. The van der Waals surface area contributed by atoms with Gasteiger partial charge in [0.1, 0.15) is 0 Å². The number of aromatic nitrogens is 2. The molecule has 1 N–H and O–H groups in total. The van der Waals surface area contributed by atoms with Crippen LogP contribution in [0.25, 0.3) is 0 Å². The Morgan fingerprint density at radius 2 is 1.90 bits per heavy atom. The van der Waals surface area contributed by atoms with Crippen molar-refractivity contribution in [2.75, 3.05) is 52.5 Å². The highest BCUT2D eigenvalue weighted by molar-refractivity contribution is 14.0. The van der Waals surface area contributed by atoms with E-state index in [0.717, 1.165) is 57.3 Å². The molecule has 3 rings (SSSR count). The van der Waals surface area contributed by atoms with Gasteiger partial charge in [-0.3, -0.25) is 9.79 Å². The van der Waals surface area contributed by atoms with Crippen molar-refractivity contribution in [3.8, 4) is 0 Å². The van der Waals surface area contributed by atoms with Crippen LogP contribution in [0.4, 0.5) is 0 Å². The van der Waals surface area contributed by atoms with Crippen molar-refractivity contribution in [2.24, 2.45) is 10.9 Å². The van der Waals surface area contributed by atoms with Crippen molar-refractivity contribution in [3.05, 3.63) is 11.7 Å². The monoisotopic (exact) mass is 534 g/mol. The second kappa shape index (κ2) is 12.4. The van der Waals surface area contributed by atoms with Crippen LogP contribution < -0.4 is 5.32 Å². The molecule has 0 bridgehead atoms. The van der Waals surface area contributed by atoms with E-state index in [0.29, 0.717) is 32.1 Å². The Kier molecular flexibility index (Phi) is 10.3. The second-order valence-corrected chi connectivity index (χ2v) is 7.89. The van der Waals surface area contributed by atoms with Crippen LogP contribution in [-0.2, 0) is 16.0 Å². The molecule has 0 aromatic carbocycles. The van der Waals surface area contributed by atoms with E-state index in [1.54, 1.807) is 0 Å². The zero-order valence-corrected chi connectivity index (χ0v) is 20.6. The van der Waals surface area contributed by atoms with Crippen LogP contribution in [0, 0.1) is 5.92 Å². The van der Waals surface area contributed by atoms with E-state index in [9.17, 15) is 4.79 Å². The van der Waals surface area contributed by atoms with Gasteiger partial charge in [-0.15, -0.1) is 24.0 Å². The summed E-state index contributed by atoms with van der Waals surface area (Å²) in [6.07, 6.45) is 2.35. The van der Waals surface area contributed by atoms with E-state index in [2.05, 4.69) is 27.3 Å². The Labute approximate surface area is 196 Å². The summed E-state index contributed by atoms with van der Waals surface area (Å²) in [5.41, 5.74) is 0. The number of amides is 1. The first kappa shape index (κ1) is 24.8. The van der Waals surface area contributed by atoms with Gasteiger partial charge in [0.15, 0.2) is 11.8 Å². The van der Waals surface area contributed by atoms with Gasteiger partial charge in [-0.1, -0.05) is 19.0 Å². The van der Waals surface area contributed by atoms with Gasteiger partial charge < -0.3 is 24.4 Å². The lowest BCUT2D eigenvalue weighted by Gasteiger charge is -2.36. The van der Waals surface area contributed by atoms with Gasteiger partial charge in [-0.25, -0.2) is 0 Å². The SMILES string of the molecule is CCNC(=NCCc1nc(C(C)C)no1)N1CCC(C(=O)N2CCOCC2)CC1.I. The molecular formula is C20H35IN6O3. The van der Waals surface area contributed by atoms with Crippen molar-refractivity contribution < 1.29 is 14.1 Å². The molecule has 3 heterocycles. The molecular weight excluding hydrogens is 499 g/mol. The molecule has 2 aliphatic rings. The molecule has 1 amide bonds. The van der Waals surface area contributed by atoms with Gasteiger partial charge >= 0.3 is 0 Å². The van der Waals surface area contributed by atoms with Crippen LogP contribution in [0.15, 0.2) is 9.52 Å². The van der Waals surface area contributed by atoms with Crippen LogP contribution >= 0.6 is 24.0 Å². The number of ether oxygens (including phenoxy) is 1. The smallest absolute Gasteiger partial charge is 0.228 e. The highest BCUT2D eigenvalue weighted by Crippen LogP contribution is 2.20. The number of hydrogen-bond donors (Lipinski definition) is 1. The van der Waals surface area contributed by atoms with Gasteiger partial charge in [0.25, 0.3) is 0 Å². The van der Waals surface area contributed by atoms with Gasteiger partial charge in [0, 0.05) is 51.0 Å². The van der Waals surface area contributed by atoms with E-state index in [4.69, 9.17) is 14.3 Å². The third kappa shape index (κ3) is 6.79. The summed E-state index contributed by atoms with van der Waals surface area (Å²) in [6.45, 7) is 12.0. The highest BCUT2D eigenvalue weighted by Gasteiger charge is 2.30. The van der Waals surface area contributed by atoms with Crippen molar-refractivity contribution in [1.29, 1.82) is 0 Å². The number of carbonyl (C=O) groups excluding carboxylic acids is 1. The molecule has 9 nitrogen and oxygen atoms in total. The maximum atomic E-state index is 12.7. The van der Waals surface area contributed by atoms with Crippen molar-refractivity contribution in [2.45, 2.75) is 46.0 Å². The lowest BCUT2D eigenvalue weighted by Crippen LogP contribution is -2.50. The molecule has 0 atom stereocenters. The molecule has 10 heteroatoms. The van der Waals surface area contributed by atoms with E-state index >= 15 is 0 Å². The molecule has 170 valence electrons. The molecule has 0 aliphatic carbocycles. The molecule has 2 saturated heterocycles. The Hall–Kier alpha value is -1.43. The Bertz CT molecular complexity index is 682. The Morgan fingerprint density at radius 3 is 2.50 bits per heavy atom. The quantitative estimate of drug-likeness (QED) is 0.338. The summed E-state index contributed by atoms with van der Waals surface area (Å²) in [7, 11) is 0. The highest BCUT2D eigenvalue weighted by atomic mass is 127. The summed E-state index contributed by atoms with van der Waals surface area (Å²) in [5.74, 6) is 2.92. The molecule has 1 aromatic heterocycles. The van der Waals surface area contributed by atoms with Gasteiger partial charge in [0.05, 0.1) is 19.8 Å². The largest absolute Gasteiger partial charge is 0.378 e. The summed E-state index contributed by atoms with van der Waals surface area (Å²) < 4.78 is 10.6. The molecule has 2 fully saturated rings. The zero-order chi connectivity index (χ0) is 20.6. The van der Waals surface area contributed by atoms with Crippen LogP contribution in [0.5, 0.6) is 0 Å². The van der Waals surface area contributed by atoms with Crippen molar-refractivity contribution >= 4 is 35.8 Å². The number of rotatable bonds is 6. The lowest BCUT2D eigenvalue weighted by atomic mass is 9.95. The van der Waals surface area contributed by atoms with Gasteiger partial charge in [-0.2, -0.15) is 4.98 Å². The molecule has 0 radical (unpaired) electrons. The number of nitrogens with zero attached hydrogens (tertiary/aromatic N) is 5. The molecule has 30 heavy (non-hydrogen) atoms. The lowest BCUT2D eigenvalue weighted by molar-refractivity contribution is -0.140. The number of hydrogen-bond acceptors (Lipinski definition) is 6. The average molecular weight is 534 g/mol. The second-order valence-electron chi connectivity index (χ2n) is 7.89. The number of halogens is 1. The first-order valence-electron chi connectivity index (χ1n) is 10.8. The minimum atomic E-state index is 0. The zero-order valence-electron chi connectivity index (χ0n) is 18.3. The summed E-state index contributed by atoms with van der Waals surface area (Å²) in [5, 5.41) is 7.37. The van der Waals surface area contributed by atoms with Crippen molar-refractivity contribution in [3.63, 3.8) is 0 Å². The van der Waals surface area contributed by atoms with E-state index in [1.165, 1.54) is 0 Å². The number of aliphatic imine (C=N–C) groups is 1. The van der Waals surface area contributed by atoms with Crippen LogP contribution in [0.1, 0.15) is 51.2 Å². The van der Waals surface area contributed by atoms with Gasteiger partial charge in [0.2, 0.25) is 11.8 Å². The first-order chi connectivity index (χ1) is 14.1. The third-order valence-electron chi connectivity index (χ3n) is 5.39. The molecule has 0 unspecified atom stereocenters. The average Bonchev–Trinajstić information content (AvgIpc) is 3.23. The maximum Gasteiger partial charge on any atom is 0.228 e. The topological polar surface area (TPSA) is 96.1 Å². The fraction of sp³-hybridized carbons (Fsp3) is 0.800. The predicted octanol–water partition coefficient (Wildman–Crippen LogP) is 1.89. The van der Waals surface area contributed by atoms with Crippen LogP contribution in [-0.4, -0.2) is 84.3 Å². The Morgan fingerprint density at radius 1 is 1.20 bits per heavy atom. The summed E-state index contributed by atoms with van der Waals surface area (Å²) in [6, 6.07) is 0. The van der Waals surface area contributed by atoms with Gasteiger partial charge in [-0.05, 0) is 19.8 Å². The third-order valence-corrected chi connectivity index (χ3v) is 5.39. The molecule has 0 spiro atoms. The molecule has 1 aromatic rings. The summed E-state index contributed by atoms with van der Waals surface area (Å²) >= 11 is 0. The van der Waals surface area contributed by atoms with Crippen LogP contribution in [0.2, 0.25) is 0 Å². The number of carbonyl (C=O) groups is 1. The fourth-order valence-corrected chi connectivity index (χ4v) is 3.67. The van der Waals surface area contributed by atoms with Crippen LogP contribution in [0.3, 0.4) is 0 Å². The fourth-order valence-electron chi connectivity index (χ4n) is 3.67. The Balaban J connectivity index is 0.00000320. The number of guanidine groups is 1. The minimum Gasteiger partial charge on any atom is -0.378 e. The van der Waals surface area contributed by atoms with Crippen molar-refractivity contribution in [1.82, 2.24) is 25.3 Å². The standard InChI is InChI=1S/C20H34N6O3.HI/c1-4-21-20(22-8-5-17-23-18(15(2)3)24-29-17)26-9-6-16(7-10-26)19(27)25-11-13-28-14-12-25;/h15-16H,4-14H2,1-3H3,(H,21,22);1H. The molecule has 0 saturated carbocycles. The number of nitrogens with one attached hydrogen (secondary N) is 1. The van der Waals surface area contributed by atoms with E-state index in [1.807, 2.05) is 18.7 Å². The minimum absolute atomic E-state index is 0. The number of piperidine rings is 1. The normalized spacial score (nSPS) is 18.5. The maximum absolute atomic E-state index is 12.7. The van der Waals surface area contributed by atoms with E-state index < -0.39 is 0 Å². The first-order valence-corrected chi connectivity index (χ1v) is 10.8.